The topological polar surface area (TPSA) is 30.5 Å². The van der Waals surface area contributed by atoms with Crippen molar-refractivity contribution in [3.63, 3.8) is 0 Å². The van der Waals surface area contributed by atoms with Gasteiger partial charge in [-0.05, 0) is 25.3 Å². The van der Waals surface area contributed by atoms with E-state index in [9.17, 15) is 0 Å². The third-order valence-electron chi connectivity index (χ3n) is 1.90. The van der Waals surface area contributed by atoms with Gasteiger partial charge in [0.05, 0.1) is 0 Å². The highest BCUT2D eigenvalue weighted by molar-refractivity contribution is 7.09. The largest absolute Gasteiger partial charge is 0.352 e. The lowest BCUT2D eigenvalue weighted by atomic mass is 10.4. The van der Waals surface area contributed by atoms with Crippen molar-refractivity contribution in [1.29, 1.82) is 0 Å². The molecule has 0 atom stereocenters. The molecule has 4 heteroatoms. The lowest BCUT2D eigenvalue weighted by molar-refractivity contribution is -0.133. The molecular weight excluding hydrogens is 210 g/mol. The van der Waals surface area contributed by atoms with Crippen molar-refractivity contribution < 1.29 is 9.47 Å². The van der Waals surface area contributed by atoms with E-state index in [0.717, 1.165) is 13.1 Å². The summed E-state index contributed by atoms with van der Waals surface area (Å²) >= 11 is 1.76. The normalized spacial score (nSPS) is 11.1. The van der Waals surface area contributed by atoms with Crippen molar-refractivity contribution in [2.45, 2.75) is 26.7 Å². The summed E-state index contributed by atoms with van der Waals surface area (Å²) in [7, 11) is 0. The molecule has 0 aliphatic rings. The standard InChI is InChI=1S/C11H19NO2S/c1-3-13-11(14-4-2)9-12-8-10-6-5-7-15-10/h5-7,11-12H,3-4,8-9H2,1-2H3. The maximum Gasteiger partial charge on any atom is 0.169 e. The van der Waals surface area contributed by atoms with E-state index in [4.69, 9.17) is 9.47 Å². The highest BCUT2D eigenvalue weighted by atomic mass is 32.1. The Balaban J connectivity index is 2.15. The van der Waals surface area contributed by atoms with E-state index in [1.807, 2.05) is 13.8 Å². The molecule has 15 heavy (non-hydrogen) atoms. The van der Waals surface area contributed by atoms with Crippen LogP contribution in [0.25, 0.3) is 0 Å². The van der Waals surface area contributed by atoms with Crippen LogP contribution in [0.2, 0.25) is 0 Å². The summed E-state index contributed by atoms with van der Waals surface area (Å²) in [6, 6.07) is 4.18. The summed E-state index contributed by atoms with van der Waals surface area (Å²) in [5.41, 5.74) is 0. The molecule has 0 aliphatic carbocycles. The molecule has 0 bridgehead atoms. The van der Waals surface area contributed by atoms with Gasteiger partial charge < -0.3 is 14.8 Å². The number of nitrogens with one attached hydrogen (secondary N) is 1. The van der Waals surface area contributed by atoms with Crippen molar-refractivity contribution in [2.24, 2.45) is 0 Å². The van der Waals surface area contributed by atoms with Crippen LogP contribution < -0.4 is 5.32 Å². The van der Waals surface area contributed by atoms with Crippen LogP contribution in [0.4, 0.5) is 0 Å². The summed E-state index contributed by atoms with van der Waals surface area (Å²) in [5.74, 6) is 0. The van der Waals surface area contributed by atoms with Crippen LogP contribution in [0, 0.1) is 0 Å². The van der Waals surface area contributed by atoms with E-state index in [1.165, 1.54) is 4.88 Å². The molecule has 0 unspecified atom stereocenters. The Kier molecular flexibility index (Phi) is 6.59. The molecule has 1 aromatic rings. The number of rotatable bonds is 8. The summed E-state index contributed by atoms with van der Waals surface area (Å²) < 4.78 is 10.8. The van der Waals surface area contributed by atoms with Gasteiger partial charge in [-0.15, -0.1) is 11.3 Å². The minimum atomic E-state index is -0.125. The Hall–Kier alpha value is -0.420. The number of hydrogen-bond acceptors (Lipinski definition) is 4. The number of hydrogen-bond donors (Lipinski definition) is 1. The minimum Gasteiger partial charge on any atom is -0.352 e. The van der Waals surface area contributed by atoms with Gasteiger partial charge in [-0.3, -0.25) is 0 Å². The van der Waals surface area contributed by atoms with Crippen LogP contribution in [-0.4, -0.2) is 26.0 Å². The van der Waals surface area contributed by atoms with E-state index in [2.05, 4.69) is 22.8 Å². The first-order valence-electron chi connectivity index (χ1n) is 5.33. The fourth-order valence-corrected chi connectivity index (χ4v) is 1.94. The second kappa shape index (κ2) is 7.82. The van der Waals surface area contributed by atoms with Gasteiger partial charge in [0.15, 0.2) is 6.29 Å². The van der Waals surface area contributed by atoms with Gasteiger partial charge in [0.25, 0.3) is 0 Å². The van der Waals surface area contributed by atoms with Gasteiger partial charge >= 0.3 is 0 Å². The maximum absolute atomic E-state index is 5.42. The first-order valence-corrected chi connectivity index (χ1v) is 6.21. The second-order valence-electron chi connectivity index (χ2n) is 3.05. The smallest absolute Gasteiger partial charge is 0.169 e. The third kappa shape index (κ3) is 5.28. The van der Waals surface area contributed by atoms with Crippen molar-refractivity contribution >= 4 is 11.3 Å². The number of ether oxygens (including phenoxy) is 2. The van der Waals surface area contributed by atoms with Gasteiger partial charge in [-0.2, -0.15) is 0 Å². The summed E-state index contributed by atoms with van der Waals surface area (Å²) in [5, 5.41) is 5.40. The molecule has 1 aromatic heterocycles. The first kappa shape index (κ1) is 12.6. The van der Waals surface area contributed by atoms with Crippen molar-refractivity contribution in [1.82, 2.24) is 5.32 Å². The van der Waals surface area contributed by atoms with E-state index in [1.54, 1.807) is 11.3 Å². The fraction of sp³-hybridized carbons (Fsp3) is 0.636. The predicted octanol–water partition coefficient (Wildman–Crippen LogP) is 2.24. The molecule has 0 spiro atoms. The number of thiophene rings is 1. The zero-order chi connectivity index (χ0) is 10.9. The second-order valence-corrected chi connectivity index (χ2v) is 4.08. The molecule has 86 valence electrons. The minimum absolute atomic E-state index is 0.125. The molecule has 1 rings (SSSR count). The molecule has 0 aliphatic heterocycles. The Bertz CT molecular complexity index is 233. The molecule has 0 amide bonds. The molecule has 1 heterocycles. The van der Waals surface area contributed by atoms with Crippen LogP contribution in [0.3, 0.4) is 0 Å². The Morgan fingerprint density at radius 3 is 2.60 bits per heavy atom. The summed E-state index contributed by atoms with van der Waals surface area (Å²) in [6.45, 7) is 6.95. The van der Waals surface area contributed by atoms with Gasteiger partial charge in [-0.1, -0.05) is 6.07 Å². The first-order chi connectivity index (χ1) is 7.36. The maximum atomic E-state index is 5.42. The molecule has 3 nitrogen and oxygen atoms in total. The van der Waals surface area contributed by atoms with Crippen LogP contribution in [0.15, 0.2) is 17.5 Å². The Labute approximate surface area is 95.4 Å². The lowest BCUT2D eigenvalue weighted by Crippen LogP contribution is -2.31. The Morgan fingerprint density at radius 2 is 2.07 bits per heavy atom. The molecular formula is C11H19NO2S. The molecule has 0 saturated heterocycles. The van der Waals surface area contributed by atoms with E-state index in [-0.39, 0.29) is 6.29 Å². The fourth-order valence-electron chi connectivity index (χ4n) is 1.26. The summed E-state index contributed by atoms with van der Waals surface area (Å²) in [4.78, 5) is 1.33. The van der Waals surface area contributed by atoms with Gasteiger partial charge in [0.1, 0.15) is 0 Å². The molecule has 0 radical (unpaired) electrons. The van der Waals surface area contributed by atoms with E-state index in [0.29, 0.717) is 13.2 Å². The molecule has 1 N–H and O–H groups in total. The summed E-state index contributed by atoms with van der Waals surface area (Å²) in [6.07, 6.45) is -0.125. The average Bonchev–Trinajstić information content (AvgIpc) is 2.71. The van der Waals surface area contributed by atoms with Crippen LogP contribution in [0.1, 0.15) is 18.7 Å². The quantitative estimate of drug-likeness (QED) is 0.693. The van der Waals surface area contributed by atoms with Crippen LogP contribution in [0.5, 0.6) is 0 Å². The molecule has 0 aromatic carbocycles. The SMILES string of the molecule is CCOC(CNCc1cccs1)OCC. The van der Waals surface area contributed by atoms with Crippen LogP contribution >= 0.6 is 11.3 Å². The molecule has 0 fully saturated rings. The lowest BCUT2D eigenvalue weighted by Gasteiger charge is -2.17. The predicted molar refractivity (Wildman–Crippen MR) is 63.1 cm³/mol. The van der Waals surface area contributed by atoms with Crippen molar-refractivity contribution in [3.05, 3.63) is 22.4 Å². The average molecular weight is 229 g/mol. The zero-order valence-corrected chi connectivity index (χ0v) is 10.2. The zero-order valence-electron chi connectivity index (χ0n) is 9.36. The van der Waals surface area contributed by atoms with E-state index < -0.39 is 0 Å². The third-order valence-corrected chi connectivity index (χ3v) is 2.77. The van der Waals surface area contributed by atoms with Gasteiger partial charge in [-0.25, -0.2) is 0 Å². The highest BCUT2D eigenvalue weighted by Crippen LogP contribution is 2.07. The highest BCUT2D eigenvalue weighted by Gasteiger charge is 2.06. The van der Waals surface area contributed by atoms with E-state index >= 15 is 0 Å². The van der Waals surface area contributed by atoms with Crippen molar-refractivity contribution in [2.75, 3.05) is 19.8 Å². The molecule has 0 saturated carbocycles. The van der Waals surface area contributed by atoms with Crippen LogP contribution in [-0.2, 0) is 16.0 Å². The Morgan fingerprint density at radius 1 is 1.33 bits per heavy atom. The van der Waals surface area contributed by atoms with Gasteiger partial charge in [0.2, 0.25) is 0 Å². The van der Waals surface area contributed by atoms with Crippen molar-refractivity contribution in [3.8, 4) is 0 Å². The van der Waals surface area contributed by atoms with Gasteiger partial charge in [0, 0.05) is 31.2 Å². The monoisotopic (exact) mass is 229 g/mol.